The Morgan fingerprint density at radius 1 is 1.50 bits per heavy atom. The number of guanidine groups is 1. The fourth-order valence-electron chi connectivity index (χ4n) is 1.48. The maximum absolute atomic E-state index is 12.9. The van der Waals surface area contributed by atoms with Gasteiger partial charge in [-0.25, -0.2) is 4.39 Å². The van der Waals surface area contributed by atoms with Crippen molar-refractivity contribution >= 4 is 5.96 Å². The number of hydrogen-bond donors (Lipinski definition) is 2. The highest BCUT2D eigenvalue weighted by molar-refractivity contribution is 5.78. The smallest absolute Gasteiger partial charge is 0.188 e. The Morgan fingerprint density at radius 3 is 3.00 bits per heavy atom. The first kappa shape index (κ1) is 10.9. The Bertz CT molecular complexity index is 386. The predicted molar refractivity (Wildman–Crippen MR) is 62.8 cm³/mol. The maximum Gasteiger partial charge on any atom is 0.188 e. The molecule has 0 amide bonds. The molecule has 3 N–H and O–H groups in total. The van der Waals surface area contributed by atoms with E-state index in [0.717, 1.165) is 5.56 Å². The minimum absolute atomic E-state index is 0.203. The van der Waals surface area contributed by atoms with Crippen molar-refractivity contribution in [2.24, 2.45) is 10.7 Å². The van der Waals surface area contributed by atoms with Crippen LogP contribution in [0.25, 0.3) is 0 Å². The molecule has 1 aromatic rings. The van der Waals surface area contributed by atoms with E-state index in [1.807, 2.05) is 6.07 Å². The molecule has 0 aromatic heterocycles. The van der Waals surface area contributed by atoms with Gasteiger partial charge in [-0.2, -0.15) is 0 Å². The molecular formula is C12H16FN3. The second kappa shape index (κ2) is 4.96. The fraction of sp³-hybridized carbons (Fsp3) is 0.417. The van der Waals surface area contributed by atoms with Gasteiger partial charge in [0.1, 0.15) is 5.82 Å². The summed E-state index contributed by atoms with van der Waals surface area (Å²) in [5, 5.41) is 3.11. The van der Waals surface area contributed by atoms with Crippen molar-refractivity contribution in [3.8, 4) is 0 Å². The van der Waals surface area contributed by atoms with E-state index in [9.17, 15) is 4.39 Å². The van der Waals surface area contributed by atoms with E-state index in [0.29, 0.717) is 25.0 Å². The second-order valence-corrected chi connectivity index (χ2v) is 4.07. The molecule has 0 spiro atoms. The van der Waals surface area contributed by atoms with Crippen LogP contribution in [0.2, 0.25) is 0 Å². The fourth-order valence-corrected chi connectivity index (χ4v) is 1.48. The molecule has 1 aliphatic rings. The van der Waals surface area contributed by atoms with Crippen molar-refractivity contribution in [2.75, 3.05) is 6.54 Å². The van der Waals surface area contributed by atoms with Crippen molar-refractivity contribution < 1.29 is 4.39 Å². The number of nitrogens with one attached hydrogen (secondary N) is 1. The molecule has 16 heavy (non-hydrogen) atoms. The zero-order valence-corrected chi connectivity index (χ0v) is 9.12. The molecule has 86 valence electrons. The summed E-state index contributed by atoms with van der Waals surface area (Å²) in [5.41, 5.74) is 6.62. The molecule has 0 atom stereocenters. The maximum atomic E-state index is 12.9. The van der Waals surface area contributed by atoms with E-state index in [4.69, 9.17) is 5.73 Å². The Hall–Kier alpha value is -1.58. The largest absolute Gasteiger partial charge is 0.370 e. The highest BCUT2D eigenvalue weighted by atomic mass is 19.1. The zero-order valence-electron chi connectivity index (χ0n) is 9.12. The molecule has 2 rings (SSSR count). The van der Waals surface area contributed by atoms with Crippen LogP contribution in [0.5, 0.6) is 0 Å². The van der Waals surface area contributed by atoms with Crippen LogP contribution < -0.4 is 11.1 Å². The van der Waals surface area contributed by atoms with E-state index < -0.39 is 0 Å². The van der Waals surface area contributed by atoms with E-state index in [1.54, 1.807) is 6.07 Å². The lowest BCUT2D eigenvalue weighted by atomic mass is 10.1. The van der Waals surface area contributed by atoms with Gasteiger partial charge in [-0.15, -0.1) is 0 Å². The highest BCUT2D eigenvalue weighted by Crippen LogP contribution is 2.17. The standard InChI is InChI=1S/C12H16FN3/c13-10-3-1-2-9(8-10)6-7-15-12(14)16-11-4-5-11/h1-3,8,11H,4-7H2,(H3,14,15,16). The van der Waals surface area contributed by atoms with Gasteiger partial charge >= 0.3 is 0 Å². The number of benzene rings is 1. The van der Waals surface area contributed by atoms with Gasteiger partial charge in [-0.1, -0.05) is 12.1 Å². The predicted octanol–water partition coefficient (Wildman–Crippen LogP) is 1.43. The SMILES string of the molecule is NC(=NCCc1cccc(F)c1)NC1CC1. The lowest BCUT2D eigenvalue weighted by Gasteiger charge is -2.03. The summed E-state index contributed by atoms with van der Waals surface area (Å²) in [6.07, 6.45) is 3.07. The van der Waals surface area contributed by atoms with Crippen molar-refractivity contribution in [3.05, 3.63) is 35.6 Å². The lowest BCUT2D eigenvalue weighted by molar-refractivity contribution is 0.625. The Labute approximate surface area is 94.6 Å². The molecule has 0 saturated heterocycles. The number of rotatable bonds is 4. The molecule has 4 heteroatoms. The third-order valence-electron chi connectivity index (χ3n) is 2.50. The molecule has 1 aliphatic carbocycles. The summed E-state index contributed by atoms with van der Waals surface area (Å²) in [7, 11) is 0. The number of halogens is 1. The van der Waals surface area contributed by atoms with Crippen LogP contribution in [0.15, 0.2) is 29.3 Å². The Kier molecular flexibility index (Phi) is 3.39. The van der Waals surface area contributed by atoms with Crippen molar-refractivity contribution in [1.29, 1.82) is 0 Å². The molecule has 0 radical (unpaired) electrons. The summed E-state index contributed by atoms with van der Waals surface area (Å²) in [5.74, 6) is 0.296. The van der Waals surface area contributed by atoms with Gasteiger partial charge in [-0.05, 0) is 37.0 Å². The normalized spacial score (nSPS) is 16.2. The van der Waals surface area contributed by atoms with Crippen molar-refractivity contribution in [3.63, 3.8) is 0 Å². The number of nitrogens with zero attached hydrogens (tertiary/aromatic N) is 1. The van der Waals surface area contributed by atoms with Gasteiger partial charge in [-0.3, -0.25) is 4.99 Å². The molecule has 0 bridgehead atoms. The number of hydrogen-bond acceptors (Lipinski definition) is 1. The molecule has 1 saturated carbocycles. The first-order valence-corrected chi connectivity index (χ1v) is 5.55. The van der Waals surface area contributed by atoms with Crippen LogP contribution in [0.1, 0.15) is 18.4 Å². The molecule has 1 fully saturated rings. The first-order valence-electron chi connectivity index (χ1n) is 5.55. The minimum Gasteiger partial charge on any atom is -0.370 e. The molecule has 0 heterocycles. The topological polar surface area (TPSA) is 50.4 Å². The van der Waals surface area contributed by atoms with Gasteiger partial charge in [0.15, 0.2) is 5.96 Å². The molecule has 0 unspecified atom stereocenters. The van der Waals surface area contributed by atoms with Crippen molar-refractivity contribution in [2.45, 2.75) is 25.3 Å². The van der Waals surface area contributed by atoms with Crippen LogP contribution >= 0.6 is 0 Å². The van der Waals surface area contributed by atoms with Crippen molar-refractivity contribution in [1.82, 2.24) is 5.32 Å². The molecule has 1 aromatic carbocycles. The number of aliphatic imine (C=N–C) groups is 1. The van der Waals surface area contributed by atoms with E-state index in [-0.39, 0.29) is 5.82 Å². The average Bonchev–Trinajstić information content (AvgIpc) is 3.02. The summed E-state index contributed by atoms with van der Waals surface area (Å²) >= 11 is 0. The van der Waals surface area contributed by atoms with Crippen LogP contribution in [0.3, 0.4) is 0 Å². The lowest BCUT2D eigenvalue weighted by Crippen LogP contribution is -2.33. The minimum atomic E-state index is -0.203. The first-order chi connectivity index (χ1) is 7.74. The Balaban J connectivity index is 1.78. The van der Waals surface area contributed by atoms with Gasteiger partial charge in [0.2, 0.25) is 0 Å². The molecule has 3 nitrogen and oxygen atoms in total. The molecular weight excluding hydrogens is 205 g/mol. The summed E-state index contributed by atoms with van der Waals surface area (Å²) < 4.78 is 12.9. The summed E-state index contributed by atoms with van der Waals surface area (Å²) in [6, 6.07) is 7.09. The van der Waals surface area contributed by atoms with Crippen LogP contribution in [0, 0.1) is 5.82 Å². The van der Waals surface area contributed by atoms with Gasteiger partial charge < -0.3 is 11.1 Å². The monoisotopic (exact) mass is 221 g/mol. The van der Waals surface area contributed by atoms with Gasteiger partial charge in [0.25, 0.3) is 0 Å². The van der Waals surface area contributed by atoms with Crippen LogP contribution in [-0.2, 0) is 6.42 Å². The summed E-state index contributed by atoms with van der Waals surface area (Å²) in [6.45, 7) is 0.592. The quantitative estimate of drug-likeness (QED) is 0.597. The summed E-state index contributed by atoms with van der Waals surface area (Å²) in [4.78, 5) is 4.19. The highest BCUT2D eigenvalue weighted by Gasteiger charge is 2.21. The average molecular weight is 221 g/mol. The molecule has 0 aliphatic heterocycles. The Morgan fingerprint density at radius 2 is 2.31 bits per heavy atom. The van der Waals surface area contributed by atoms with Gasteiger partial charge in [0.05, 0.1) is 0 Å². The van der Waals surface area contributed by atoms with Crippen LogP contribution in [0.4, 0.5) is 4.39 Å². The third-order valence-corrected chi connectivity index (χ3v) is 2.50. The van der Waals surface area contributed by atoms with Crippen LogP contribution in [-0.4, -0.2) is 18.5 Å². The van der Waals surface area contributed by atoms with E-state index in [2.05, 4.69) is 10.3 Å². The second-order valence-electron chi connectivity index (χ2n) is 4.07. The zero-order chi connectivity index (χ0) is 11.4. The third kappa shape index (κ3) is 3.53. The number of nitrogens with two attached hydrogens (primary N) is 1. The van der Waals surface area contributed by atoms with Gasteiger partial charge in [0, 0.05) is 12.6 Å². The van der Waals surface area contributed by atoms with E-state index in [1.165, 1.54) is 25.0 Å². The van der Waals surface area contributed by atoms with E-state index >= 15 is 0 Å².